The number of nitrogens with zero attached hydrogens (tertiary/aromatic N) is 1. The van der Waals surface area contributed by atoms with Gasteiger partial charge >= 0.3 is 0 Å². The molecule has 1 aliphatic carbocycles. The van der Waals surface area contributed by atoms with Gasteiger partial charge in [-0.05, 0) is 47.7 Å². The Labute approximate surface area is 166 Å². The fraction of sp³-hybridized carbons (Fsp3) is 0.292. The highest BCUT2D eigenvalue weighted by molar-refractivity contribution is 6.26. The zero-order valence-corrected chi connectivity index (χ0v) is 16.5. The van der Waals surface area contributed by atoms with Crippen molar-refractivity contribution in [1.29, 1.82) is 0 Å². The van der Waals surface area contributed by atoms with Crippen molar-refractivity contribution in [2.75, 3.05) is 7.11 Å². The molecule has 28 heavy (non-hydrogen) atoms. The molecule has 0 heterocycles. The van der Waals surface area contributed by atoms with Crippen LogP contribution in [0.5, 0.6) is 5.75 Å². The molecular weight excluding hydrogens is 350 g/mol. The van der Waals surface area contributed by atoms with Crippen molar-refractivity contribution in [3.05, 3.63) is 66.2 Å². The van der Waals surface area contributed by atoms with Crippen molar-refractivity contribution >= 4 is 29.0 Å². The number of hydrogen-bond donors (Lipinski definition) is 0. The molecule has 1 atom stereocenters. The minimum absolute atomic E-state index is 0.0637. The third-order valence-electron chi connectivity index (χ3n) is 4.84. The van der Waals surface area contributed by atoms with E-state index in [4.69, 9.17) is 4.74 Å². The number of ketones is 2. The van der Waals surface area contributed by atoms with E-state index in [-0.39, 0.29) is 17.0 Å². The average molecular weight is 375 g/mol. The molecule has 1 saturated carbocycles. The summed E-state index contributed by atoms with van der Waals surface area (Å²) >= 11 is 0. The molecule has 1 unspecified atom stereocenters. The second kappa shape index (κ2) is 8.34. The van der Waals surface area contributed by atoms with Crippen LogP contribution in [0.4, 0.5) is 5.69 Å². The Kier molecular flexibility index (Phi) is 5.88. The number of carbonyl (C=O) groups is 2. The Morgan fingerprint density at radius 1 is 1.07 bits per heavy atom. The van der Waals surface area contributed by atoms with E-state index in [0.29, 0.717) is 24.2 Å². The molecular formula is C24H25NO3. The average Bonchev–Trinajstić information content (AvgIpc) is 2.66. The van der Waals surface area contributed by atoms with Crippen LogP contribution in [0, 0.1) is 11.3 Å². The Hall–Kier alpha value is -3.01. The first kappa shape index (κ1) is 19.7. The summed E-state index contributed by atoms with van der Waals surface area (Å²) in [5, 5.41) is 0. The lowest BCUT2D eigenvalue weighted by Crippen LogP contribution is -2.41. The molecule has 0 spiro atoms. The number of benzene rings is 2. The third-order valence-corrected chi connectivity index (χ3v) is 4.84. The molecule has 0 saturated heterocycles. The fourth-order valence-corrected chi connectivity index (χ4v) is 3.50. The molecule has 4 nitrogen and oxygen atoms in total. The Morgan fingerprint density at radius 2 is 1.75 bits per heavy atom. The highest BCUT2D eigenvalue weighted by atomic mass is 16.5. The first-order chi connectivity index (χ1) is 13.4. The van der Waals surface area contributed by atoms with Crippen molar-refractivity contribution in [3.63, 3.8) is 0 Å². The number of rotatable bonds is 5. The standard InChI is InChI=1S/C24H25NO3/c1-24(2)15-20(25-18-10-12-19(28-3)13-11-18)23(22(27)16-24)21(26)14-9-17-7-5-4-6-8-17/h4-14,23H,15-16H2,1-3H3/b14-9+,25-20?. The van der Waals surface area contributed by atoms with Gasteiger partial charge in [0.2, 0.25) is 0 Å². The lowest BCUT2D eigenvalue weighted by Gasteiger charge is -2.33. The molecule has 2 aromatic carbocycles. The van der Waals surface area contributed by atoms with E-state index in [2.05, 4.69) is 4.99 Å². The molecule has 2 aromatic rings. The monoisotopic (exact) mass is 375 g/mol. The summed E-state index contributed by atoms with van der Waals surface area (Å²) in [6.45, 7) is 4.07. The van der Waals surface area contributed by atoms with Crippen LogP contribution in [0.25, 0.3) is 6.08 Å². The molecule has 0 aromatic heterocycles. The summed E-state index contributed by atoms with van der Waals surface area (Å²) < 4.78 is 5.18. The van der Waals surface area contributed by atoms with Crippen LogP contribution in [-0.4, -0.2) is 24.4 Å². The van der Waals surface area contributed by atoms with Crippen LogP contribution in [0.2, 0.25) is 0 Å². The lowest BCUT2D eigenvalue weighted by atomic mass is 9.70. The quantitative estimate of drug-likeness (QED) is 0.542. The first-order valence-electron chi connectivity index (χ1n) is 9.39. The number of carbonyl (C=O) groups excluding carboxylic acids is 2. The number of Topliss-reactive ketones (excluding diaryl/α,β-unsaturated/α-hetero) is 1. The SMILES string of the molecule is COc1ccc(N=C2CC(C)(C)CC(=O)C2C(=O)/C=C/c2ccccc2)cc1. The number of methoxy groups -OCH3 is 1. The molecule has 0 radical (unpaired) electrons. The minimum atomic E-state index is -0.810. The maximum atomic E-state index is 12.9. The predicted molar refractivity (Wildman–Crippen MR) is 112 cm³/mol. The summed E-state index contributed by atoms with van der Waals surface area (Å²) in [4.78, 5) is 30.4. The van der Waals surface area contributed by atoms with Gasteiger partial charge in [0.05, 0.1) is 12.8 Å². The summed E-state index contributed by atoms with van der Waals surface area (Å²) in [7, 11) is 1.61. The zero-order valence-electron chi connectivity index (χ0n) is 16.5. The van der Waals surface area contributed by atoms with Gasteiger partial charge in [-0.2, -0.15) is 0 Å². The number of allylic oxidation sites excluding steroid dienone is 1. The van der Waals surface area contributed by atoms with Crippen LogP contribution in [0.15, 0.2) is 65.7 Å². The molecule has 4 heteroatoms. The van der Waals surface area contributed by atoms with Crippen molar-refractivity contribution in [1.82, 2.24) is 0 Å². The summed E-state index contributed by atoms with van der Waals surface area (Å²) in [6.07, 6.45) is 4.24. The first-order valence-corrected chi connectivity index (χ1v) is 9.39. The normalized spacial score (nSPS) is 20.5. The smallest absolute Gasteiger partial charge is 0.171 e. The molecule has 0 aliphatic heterocycles. The zero-order chi connectivity index (χ0) is 20.1. The highest BCUT2D eigenvalue weighted by Gasteiger charge is 2.41. The number of ether oxygens (including phenoxy) is 1. The van der Waals surface area contributed by atoms with Gasteiger partial charge in [0.1, 0.15) is 17.5 Å². The summed E-state index contributed by atoms with van der Waals surface area (Å²) in [5.41, 5.74) is 2.07. The highest BCUT2D eigenvalue weighted by Crippen LogP contribution is 2.36. The Balaban J connectivity index is 1.90. The van der Waals surface area contributed by atoms with Crippen LogP contribution in [0.1, 0.15) is 32.3 Å². The molecule has 1 fully saturated rings. The van der Waals surface area contributed by atoms with Gasteiger partial charge in [0.25, 0.3) is 0 Å². The van der Waals surface area contributed by atoms with Crippen LogP contribution in [0.3, 0.4) is 0 Å². The minimum Gasteiger partial charge on any atom is -0.497 e. The van der Waals surface area contributed by atoms with Gasteiger partial charge in [-0.3, -0.25) is 14.6 Å². The second-order valence-corrected chi connectivity index (χ2v) is 7.86. The second-order valence-electron chi connectivity index (χ2n) is 7.86. The number of aliphatic imine (C=N–C) groups is 1. The maximum Gasteiger partial charge on any atom is 0.171 e. The molecule has 3 rings (SSSR count). The van der Waals surface area contributed by atoms with Gasteiger partial charge in [-0.25, -0.2) is 0 Å². The van der Waals surface area contributed by atoms with Gasteiger partial charge in [-0.1, -0.05) is 50.3 Å². The molecule has 0 amide bonds. The lowest BCUT2D eigenvalue weighted by molar-refractivity contribution is -0.129. The van der Waals surface area contributed by atoms with Crippen LogP contribution in [-0.2, 0) is 9.59 Å². The Bertz CT molecular complexity index is 909. The van der Waals surface area contributed by atoms with E-state index in [0.717, 1.165) is 11.3 Å². The van der Waals surface area contributed by atoms with E-state index in [1.54, 1.807) is 13.2 Å². The maximum absolute atomic E-state index is 12.9. The topological polar surface area (TPSA) is 55.7 Å². The van der Waals surface area contributed by atoms with Crippen LogP contribution >= 0.6 is 0 Å². The fourth-order valence-electron chi connectivity index (χ4n) is 3.50. The van der Waals surface area contributed by atoms with Gasteiger partial charge in [-0.15, -0.1) is 0 Å². The van der Waals surface area contributed by atoms with Gasteiger partial charge in [0, 0.05) is 12.1 Å². The van der Waals surface area contributed by atoms with Gasteiger partial charge < -0.3 is 4.74 Å². The largest absolute Gasteiger partial charge is 0.497 e. The van der Waals surface area contributed by atoms with E-state index >= 15 is 0 Å². The van der Waals surface area contributed by atoms with Crippen molar-refractivity contribution in [3.8, 4) is 5.75 Å². The molecule has 1 aliphatic rings. The summed E-state index contributed by atoms with van der Waals surface area (Å²) in [6, 6.07) is 16.9. The third kappa shape index (κ3) is 4.83. The van der Waals surface area contributed by atoms with E-state index in [9.17, 15) is 9.59 Å². The summed E-state index contributed by atoms with van der Waals surface area (Å²) in [5.74, 6) is -0.347. The van der Waals surface area contributed by atoms with Crippen LogP contribution < -0.4 is 4.74 Å². The predicted octanol–water partition coefficient (Wildman–Crippen LogP) is 5.06. The van der Waals surface area contributed by atoms with E-state index in [1.165, 1.54) is 6.08 Å². The van der Waals surface area contributed by atoms with Crippen molar-refractivity contribution in [2.45, 2.75) is 26.7 Å². The van der Waals surface area contributed by atoms with Crippen molar-refractivity contribution < 1.29 is 14.3 Å². The number of hydrogen-bond acceptors (Lipinski definition) is 4. The molecule has 144 valence electrons. The Morgan fingerprint density at radius 3 is 2.39 bits per heavy atom. The van der Waals surface area contributed by atoms with E-state index in [1.807, 2.05) is 68.4 Å². The molecule has 0 bridgehead atoms. The van der Waals surface area contributed by atoms with Crippen molar-refractivity contribution in [2.24, 2.45) is 16.3 Å². The molecule has 0 N–H and O–H groups in total. The van der Waals surface area contributed by atoms with E-state index < -0.39 is 5.92 Å². The van der Waals surface area contributed by atoms with Gasteiger partial charge in [0.15, 0.2) is 5.78 Å².